The average Bonchev–Trinajstić information content (AvgIpc) is 3.08. The lowest BCUT2D eigenvalue weighted by Crippen LogP contribution is -2.15. The summed E-state index contributed by atoms with van der Waals surface area (Å²) in [4.78, 5) is 22.9. The molecule has 88 valence electrons. The molecule has 2 N–H and O–H groups in total. The predicted octanol–water partition coefficient (Wildman–Crippen LogP) is 1.42. The van der Waals surface area contributed by atoms with Crippen LogP contribution >= 0.6 is 0 Å². The summed E-state index contributed by atoms with van der Waals surface area (Å²) >= 11 is 0. The molecule has 0 radical (unpaired) electrons. The van der Waals surface area contributed by atoms with Crippen LogP contribution in [0.3, 0.4) is 0 Å². The number of amides is 2. The van der Waals surface area contributed by atoms with Gasteiger partial charge in [-0.05, 0) is 30.5 Å². The Labute approximate surface area is 97.2 Å². The molecule has 0 spiro atoms. The molecule has 0 bridgehead atoms. The van der Waals surface area contributed by atoms with Gasteiger partial charge in [0, 0.05) is 18.0 Å². The van der Waals surface area contributed by atoms with Gasteiger partial charge < -0.3 is 10.6 Å². The number of anilines is 1. The van der Waals surface area contributed by atoms with Gasteiger partial charge in [0.2, 0.25) is 5.91 Å². The number of hydrogen-bond acceptors (Lipinski definition) is 2. The molecule has 1 aliphatic carbocycles. The zero-order chi connectivity index (χ0) is 12.0. The molecule has 5 heteroatoms. The fourth-order valence-corrected chi connectivity index (χ4v) is 1.92. The van der Waals surface area contributed by atoms with E-state index in [-0.39, 0.29) is 23.4 Å². The molecule has 17 heavy (non-hydrogen) atoms. The van der Waals surface area contributed by atoms with Crippen LogP contribution in [0, 0.1) is 11.7 Å². The summed E-state index contributed by atoms with van der Waals surface area (Å²) in [7, 11) is 0. The van der Waals surface area contributed by atoms with E-state index in [4.69, 9.17) is 0 Å². The number of carbonyl (C=O) groups is 2. The number of hydrogen-bond donors (Lipinski definition) is 2. The lowest BCUT2D eigenvalue weighted by Gasteiger charge is -2.07. The first-order valence-electron chi connectivity index (χ1n) is 5.56. The van der Waals surface area contributed by atoms with Gasteiger partial charge in [-0.15, -0.1) is 0 Å². The molecule has 1 aromatic rings. The van der Waals surface area contributed by atoms with Crippen molar-refractivity contribution in [2.45, 2.75) is 19.4 Å². The summed E-state index contributed by atoms with van der Waals surface area (Å²) in [5.41, 5.74) is 1.17. The molecule has 0 aromatic heterocycles. The monoisotopic (exact) mass is 234 g/mol. The molecular formula is C12H11FN2O2. The minimum Gasteiger partial charge on any atom is -0.348 e. The predicted molar refractivity (Wildman–Crippen MR) is 58.9 cm³/mol. The molecule has 4 nitrogen and oxygen atoms in total. The summed E-state index contributed by atoms with van der Waals surface area (Å²) in [6.45, 7) is 0.349. The number of halogens is 1. The first-order chi connectivity index (χ1) is 8.15. The third-order valence-electron chi connectivity index (χ3n) is 3.08. The highest BCUT2D eigenvalue weighted by Crippen LogP contribution is 2.31. The third-order valence-corrected chi connectivity index (χ3v) is 3.08. The van der Waals surface area contributed by atoms with Crippen LogP contribution < -0.4 is 10.6 Å². The number of benzene rings is 1. The molecule has 1 heterocycles. The lowest BCUT2D eigenvalue weighted by molar-refractivity contribution is -0.117. The van der Waals surface area contributed by atoms with Crippen LogP contribution in [0.5, 0.6) is 0 Å². The summed E-state index contributed by atoms with van der Waals surface area (Å²) in [6.07, 6.45) is 1.72. The normalized spacial score (nSPS) is 17.6. The van der Waals surface area contributed by atoms with E-state index in [0.717, 1.165) is 12.8 Å². The maximum Gasteiger partial charge on any atom is 0.251 e. The van der Waals surface area contributed by atoms with E-state index >= 15 is 0 Å². The van der Waals surface area contributed by atoms with Crippen LogP contribution in [0.1, 0.15) is 28.8 Å². The Morgan fingerprint density at radius 3 is 2.88 bits per heavy atom. The van der Waals surface area contributed by atoms with Crippen molar-refractivity contribution in [3.8, 4) is 0 Å². The Morgan fingerprint density at radius 1 is 1.41 bits per heavy atom. The molecule has 1 fully saturated rings. The van der Waals surface area contributed by atoms with Crippen molar-refractivity contribution in [3.63, 3.8) is 0 Å². The minimum absolute atomic E-state index is 0.0106. The number of fused-ring (bicyclic) bond motifs is 1. The van der Waals surface area contributed by atoms with E-state index in [9.17, 15) is 14.0 Å². The topological polar surface area (TPSA) is 58.2 Å². The van der Waals surface area contributed by atoms with E-state index in [1.807, 2.05) is 0 Å². The number of carbonyl (C=O) groups excluding carboxylic acids is 2. The number of nitrogens with one attached hydrogen (secondary N) is 2. The summed E-state index contributed by atoms with van der Waals surface area (Å²) in [5, 5.41) is 5.14. The van der Waals surface area contributed by atoms with E-state index in [2.05, 4.69) is 10.6 Å². The highest BCUT2D eigenvalue weighted by Gasteiger charge is 2.30. The van der Waals surface area contributed by atoms with Crippen LogP contribution in [0.4, 0.5) is 10.1 Å². The van der Waals surface area contributed by atoms with E-state index in [1.165, 1.54) is 12.1 Å². The van der Waals surface area contributed by atoms with Gasteiger partial charge in [0.1, 0.15) is 5.82 Å². The average molecular weight is 234 g/mol. The van der Waals surface area contributed by atoms with Crippen molar-refractivity contribution in [1.82, 2.24) is 5.32 Å². The molecule has 3 rings (SSSR count). The van der Waals surface area contributed by atoms with Crippen LogP contribution in [-0.2, 0) is 11.3 Å². The van der Waals surface area contributed by atoms with Crippen molar-refractivity contribution in [3.05, 3.63) is 29.1 Å². The SMILES string of the molecule is O=C1NCc2cc(F)c(NC(=O)C3CC3)cc21. The van der Waals surface area contributed by atoms with Crippen LogP contribution in [0.25, 0.3) is 0 Å². The van der Waals surface area contributed by atoms with Gasteiger partial charge >= 0.3 is 0 Å². The van der Waals surface area contributed by atoms with Gasteiger partial charge in [0.15, 0.2) is 0 Å². The molecule has 1 saturated carbocycles. The molecule has 2 aliphatic rings. The van der Waals surface area contributed by atoms with E-state index in [0.29, 0.717) is 17.7 Å². The fourth-order valence-electron chi connectivity index (χ4n) is 1.92. The van der Waals surface area contributed by atoms with Gasteiger partial charge in [-0.25, -0.2) is 4.39 Å². The zero-order valence-corrected chi connectivity index (χ0v) is 9.05. The third kappa shape index (κ3) is 1.77. The van der Waals surface area contributed by atoms with Gasteiger partial charge in [-0.1, -0.05) is 0 Å². The maximum atomic E-state index is 13.7. The van der Waals surface area contributed by atoms with Crippen molar-refractivity contribution in [2.24, 2.45) is 5.92 Å². The Balaban J connectivity index is 1.91. The van der Waals surface area contributed by atoms with E-state index in [1.54, 1.807) is 0 Å². The maximum absolute atomic E-state index is 13.7. The second-order valence-corrected chi connectivity index (χ2v) is 4.44. The summed E-state index contributed by atoms with van der Waals surface area (Å²) in [5.74, 6) is -0.866. The highest BCUT2D eigenvalue weighted by molar-refractivity contribution is 6.01. The van der Waals surface area contributed by atoms with Gasteiger partial charge in [-0.2, -0.15) is 0 Å². The van der Waals surface area contributed by atoms with Crippen molar-refractivity contribution in [2.75, 3.05) is 5.32 Å². The fraction of sp³-hybridized carbons (Fsp3) is 0.333. The summed E-state index contributed by atoms with van der Waals surface area (Å²) in [6, 6.07) is 2.71. The molecule has 1 aromatic carbocycles. The first kappa shape index (κ1) is 10.3. The van der Waals surface area contributed by atoms with Gasteiger partial charge in [-0.3, -0.25) is 9.59 Å². The van der Waals surface area contributed by atoms with E-state index < -0.39 is 5.82 Å². The Morgan fingerprint density at radius 2 is 2.18 bits per heavy atom. The lowest BCUT2D eigenvalue weighted by atomic mass is 10.1. The molecule has 0 saturated heterocycles. The molecule has 1 aliphatic heterocycles. The standard InChI is InChI=1S/C12H11FN2O2/c13-9-3-7-5-14-12(17)8(7)4-10(9)15-11(16)6-1-2-6/h3-4,6H,1-2,5H2,(H,14,17)(H,15,16). The van der Waals surface area contributed by atoms with Crippen LogP contribution in [0.2, 0.25) is 0 Å². The first-order valence-corrected chi connectivity index (χ1v) is 5.56. The van der Waals surface area contributed by atoms with Crippen molar-refractivity contribution < 1.29 is 14.0 Å². The van der Waals surface area contributed by atoms with Crippen molar-refractivity contribution in [1.29, 1.82) is 0 Å². The molecule has 0 atom stereocenters. The molecular weight excluding hydrogens is 223 g/mol. The largest absolute Gasteiger partial charge is 0.348 e. The quantitative estimate of drug-likeness (QED) is 0.813. The Kier molecular flexibility index (Phi) is 2.14. The Hall–Kier alpha value is -1.91. The molecule has 2 amide bonds. The zero-order valence-electron chi connectivity index (χ0n) is 9.05. The van der Waals surface area contributed by atoms with Gasteiger partial charge in [0.05, 0.1) is 5.69 Å². The van der Waals surface area contributed by atoms with Crippen LogP contribution in [0.15, 0.2) is 12.1 Å². The smallest absolute Gasteiger partial charge is 0.251 e. The second-order valence-electron chi connectivity index (χ2n) is 4.44. The van der Waals surface area contributed by atoms with Crippen LogP contribution in [-0.4, -0.2) is 11.8 Å². The molecule has 0 unspecified atom stereocenters. The summed E-state index contributed by atoms with van der Waals surface area (Å²) < 4.78 is 13.7. The number of rotatable bonds is 2. The highest BCUT2D eigenvalue weighted by atomic mass is 19.1. The Bertz CT molecular complexity index is 523. The van der Waals surface area contributed by atoms with Crippen molar-refractivity contribution >= 4 is 17.5 Å². The second kappa shape index (κ2) is 3.55. The van der Waals surface area contributed by atoms with Gasteiger partial charge in [0.25, 0.3) is 5.91 Å². The minimum atomic E-state index is -0.491.